The molecule has 0 amide bonds. The molecule has 0 aromatic rings. The minimum absolute atomic E-state index is 0.0174. The highest BCUT2D eigenvalue weighted by molar-refractivity contribution is 4.67. The first-order valence-corrected chi connectivity index (χ1v) is 1.39. The van der Waals surface area contributed by atoms with Crippen LogP contribution in [0.1, 0.15) is 6.42 Å². The van der Waals surface area contributed by atoms with Gasteiger partial charge < -0.3 is 0 Å². The van der Waals surface area contributed by atoms with Crippen molar-refractivity contribution in [3.8, 4) is 6.07 Å². The van der Waals surface area contributed by atoms with Crippen LogP contribution in [0, 0.1) is 11.3 Å². The molecule has 0 fully saturated rings. The molecule has 0 saturated carbocycles. The van der Waals surface area contributed by atoms with Gasteiger partial charge in [0.2, 0.25) is 0 Å². The Morgan fingerprint density at radius 1 is 1.60 bits per heavy atom. The fraction of sp³-hybridized carbons (Fsp3) is 0.667. The molecule has 0 rings (SSSR count). The van der Waals surface area contributed by atoms with E-state index in [-0.39, 0.29) is 13.0 Å². The van der Waals surface area contributed by atoms with Crippen molar-refractivity contribution in [1.29, 1.82) is 5.26 Å². The lowest BCUT2D eigenvalue weighted by atomic mass is 10.5. The fourth-order valence-corrected chi connectivity index (χ4v) is 0.0500. The van der Waals surface area contributed by atoms with Crippen molar-refractivity contribution in [3.05, 3.63) is 0 Å². The zero-order chi connectivity index (χ0) is 4.12. The summed E-state index contributed by atoms with van der Waals surface area (Å²) >= 11 is 0. The molecule has 2 heteroatoms. The molecule has 0 unspecified atom stereocenters. The summed E-state index contributed by atoms with van der Waals surface area (Å²) in [6, 6.07) is 1.77. The van der Waals surface area contributed by atoms with Crippen LogP contribution in [-0.2, 0) is 0 Å². The second-order valence-corrected chi connectivity index (χ2v) is 0.632. The molecule has 0 aliphatic rings. The highest BCUT2D eigenvalue weighted by Gasteiger charge is 1.68. The first-order valence-electron chi connectivity index (χ1n) is 1.39. The van der Waals surface area contributed by atoms with E-state index in [1.54, 1.807) is 6.07 Å². The smallest absolute Gasteiger partial charge is 0.0636 e. The molecule has 0 spiro atoms. The van der Waals surface area contributed by atoms with Gasteiger partial charge in [-0.05, 0) is 0 Å². The Labute approximate surface area is 31.2 Å². The Morgan fingerprint density at radius 2 is 2.20 bits per heavy atom. The highest BCUT2D eigenvalue weighted by atomic mass is 14.5. The lowest BCUT2D eigenvalue weighted by Gasteiger charge is -1.63. The van der Waals surface area contributed by atoms with Crippen LogP contribution in [-0.4, -0.2) is 6.54 Å². The third-order valence-corrected chi connectivity index (χ3v) is 0.224. The van der Waals surface area contributed by atoms with E-state index in [0.717, 1.165) is 0 Å². The van der Waals surface area contributed by atoms with Crippen LogP contribution >= 0.6 is 0 Å². The summed E-state index contributed by atoms with van der Waals surface area (Å²) in [6.07, 6.45) is 0.250. The summed E-state index contributed by atoms with van der Waals surface area (Å²) in [5.41, 5.74) is 7.84. The van der Waals surface area contributed by atoms with E-state index in [1.165, 1.54) is 0 Å². The maximum Gasteiger partial charge on any atom is 0.0636 e. The summed E-state index contributed by atoms with van der Waals surface area (Å²) in [7, 11) is 0. The Bertz CT molecular complexity index is 43.3. The average molecular weight is 68.1 g/mol. The normalized spacial score (nSPS) is 6.40. The van der Waals surface area contributed by atoms with Crippen molar-refractivity contribution in [3.63, 3.8) is 0 Å². The topological polar surface area (TPSA) is 46.1 Å². The van der Waals surface area contributed by atoms with Gasteiger partial charge in [0.1, 0.15) is 0 Å². The standard InChI is InChI=1S/C3H4N2/c4-2-1-3-5/h1-2H2. The predicted octanol–water partition coefficient (Wildman–Crippen LogP) is -0.0312. The number of nitriles is 1. The van der Waals surface area contributed by atoms with Crippen molar-refractivity contribution in [2.24, 2.45) is 0 Å². The quantitative estimate of drug-likeness (QED) is 0.425. The van der Waals surface area contributed by atoms with E-state index in [4.69, 9.17) is 11.0 Å². The van der Waals surface area contributed by atoms with Gasteiger partial charge in [0.25, 0.3) is 0 Å². The number of rotatable bonds is 1. The third-order valence-electron chi connectivity index (χ3n) is 0.224. The van der Waals surface area contributed by atoms with Gasteiger partial charge in [-0.2, -0.15) is 5.26 Å². The van der Waals surface area contributed by atoms with Crippen molar-refractivity contribution in [2.45, 2.75) is 6.42 Å². The third kappa shape index (κ3) is 3.45. The maximum atomic E-state index is 7.84. The molecule has 0 N–H and O–H groups in total. The Kier molecular flexibility index (Phi) is 3.07. The molecular formula is C3H4N2. The lowest BCUT2D eigenvalue weighted by Crippen LogP contribution is -1.76. The minimum atomic E-state index is -0.0174. The SMILES string of the molecule is [N]CCC#N. The van der Waals surface area contributed by atoms with Crippen LogP contribution in [0.25, 0.3) is 0 Å². The van der Waals surface area contributed by atoms with E-state index in [0.29, 0.717) is 0 Å². The number of hydrogen-bond donors (Lipinski definition) is 0. The van der Waals surface area contributed by atoms with Crippen LogP contribution < -0.4 is 5.73 Å². The van der Waals surface area contributed by atoms with Crippen molar-refractivity contribution < 1.29 is 0 Å². The lowest BCUT2D eigenvalue weighted by molar-refractivity contribution is 0.985. The van der Waals surface area contributed by atoms with E-state index in [1.807, 2.05) is 0 Å². The second kappa shape index (κ2) is 3.45. The van der Waals surface area contributed by atoms with Crippen LogP contribution in [0.15, 0.2) is 0 Å². The van der Waals surface area contributed by atoms with Gasteiger partial charge in [-0.1, -0.05) is 0 Å². The van der Waals surface area contributed by atoms with Gasteiger partial charge in [-0.25, -0.2) is 0 Å². The predicted molar refractivity (Wildman–Crippen MR) is 17.2 cm³/mol. The summed E-state index contributed by atoms with van der Waals surface area (Å²) in [5.74, 6) is 0. The maximum absolute atomic E-state index is 7.84. The summed E-state index contributed by atoms with van der Waals surface area (Å²) < 4.78 is 0. The van der Waals surface area contributed by atoms with E-state index >= 15 is 0 Å². The molecule has 0 heterocycles. The van der Waals surface area contributed by atoms with Gasteiger partial charge in [0.05, 0.1) is 12.5 Å². The molecule has 0 aliphatic carbocycles. The molecule has 5 heavy (non-hydrogen) atoms. The van der Waals surface area contributed by atoms with Crippen molar-refractivity contribution in [2.75, 3.05) is 6.54 Å². The van der Waals surface area contributed by atoms with E-state index in [2.05, 4.69) is 0 Å². The molecule has 2 radical (unpaired) electrons. The summed E-state index contributed by atoms with van der Waals surface area (Å²) in [4.78, 5) is 0. The van der Waals surface area contributed by atoms with Crippen molar-refractivity contribution >= 4 is 0 Å². The number of hydrogen-bond acceptors (Lipinski definition) is 1. The minimum Gasteiger partial charge on any atom is -0.198 e. The van der Waals surface area contributed by atoms with Gasteiger partial charge in [-0.3, -0.25) is 0 Å². The van der Waals surface area contributed by atoms with E-state index in [9.17, 15) is 0 Å². The van der Waals surface area contributed by atoms with Crippen molar-refractivity contribution in [1.82, 2.24) is 5.73 Å². The highest BCUT2D eigenvalue weighted by Crippen LogP contribution is 1.61. The number of nitrogens with zero attached hydrogens (tertiary/aromatic N) is 2. The first-order chi connectivity index (χ1) is 2.41. The molecule has 0 aliphatic heterocycles. The summed E-state index contributed by atoms with van der Waals surface area (Å²) in [5, 5.41) is 7.66. The van der Waals surface area contributed by atoms with Gasteiger partial charge in [0, 0.05) is 6.54 Å². The van der Waals surface area contributed by atoms with Gasteiger partial charge in [0.15, 0.2) is 0 Å². The molecule has 2 nitrogen and oxygen atoms in total. The monoisotopic (exact) mass is 68.0 g/mol. The average Bonchev–Trinajstić information content (AvgIpc) is 1.41. The fourth-order valence-electron chi connectivity index (χ4n) is 0.0500. The Morgan fingerprint density at radius 3 is 2.20 bits per heavy atom. The Hall–Kier alpha value is -0.550. The zero-order valence-electron chi connectivity index (χ0n) is 2.81. The molecule has 0 bridgehead atoms. The van der Waals surface area contributed by atoms with E-state index < -0.39 is 0 Å². The largest absolute Gasteiger partial charge is 0.198 e. The Balaban J connectivity index is 2.48. The second-order valence-electron chi connectivity index (χ2n) is 0.632. The first kappa shape index (κ1) is 4.45. The zero-order valence-corrected chi connectivity index (χ0v) is 2.81. The van der Waals surface area contributed by atoms with Crippen LogP contribution in [0.4, 0.5) is 0 Å². The summed E-state index contributed by atoms with van der Waals surface area (Å²) in [6.45, 7) is -0.0174. The molecular weight excluding hydrogens is 64.0 g/mol. The van der Waals surface area contributed by atoms with Crippen LogP contribution in [0.5, 0.6) is 0 Å². The van der Waals surface area contributed by atoms with Gasteiger partial charge >= 0.3 is 0 Å². The molecule has 0 aromatic carbocycles. The molecule has 0 saturated heterocycles. The van der Waals surface area contributed by atoms with Crippen LogP contribution in [0.2, 0.25) is 0 Å². The molecule has 0 aromatic heterocycles. The van der Waals surface area contributed by atoms with Gasteiger partial charge in [-0.15, -0.1) is 5.73 Å². The molecule has 0 atom stereocenters. The van der Waals surface area contributed by atoms with Crippen LogP contribution in [0.3, 0.4) is 0 Å². The molecule has 26 valence electrons.